The molecule has 0 saturated heterocycles. The van der Waals surface area contributed by atoms with Gasteiger partial charge in [-0.2, -0.15) is 8.75 Å². The van der Waals surface area contributed by atoms with E-state index in [0.717, 1.165) is 28.0 Å². The van der Waals surface area contributed by atoms with E-state index in [9.17, 15) is 4.79 Å². The first-order valence-electron chi connectivity index (χ1n) is 8.17. The first-order valence-corrected chi connectivity index (χ1v) is 9.72. The van der Waals surface area contributed by atoms with Crippen molar-refractivity contribution in [2.75, 3.05) is 10.6 Å². The zero-order chi connectivity index (χ0) is 18.8. The van der Waals surface area contributed by atoms with Crippen LogP contribution in [0.2, 0.25) is 0 Å². The standard InChI is InChI=1S/C17H15N7OS2/c1-9(2)19-13-6-15(18-7-11(13)17-22-21-16(8-25)26-17)20-10-3-4-12-14(5-10)24-27-23-12/h3-9H,1-2H3,(H2,18,19,20). The molecule has 0 radical (unpaired) electrons. The summed E-state index contributed by atoms with van der Waals surface area (Å²) in [5.41, 5.74) is 4.27. The number of fused-ring (bicyclic) bond motifs is 1. The first kappa shape index (κ1) is 17.4. The van der Waals surface area contributed by atoms with Crippen LogP contribution in [0, 0.1) is 0 Å². The SMILES string of the molecule is CC(C)Nc1cc(Nc2ccc3nsnc3c2)ncc1-c1nnc(C=O)s1. The van der Waals surface area contributed by atoms with Crippen LogP contribution in [-0.2, 0) is 0 Å². The Morgan fingerprint density at radius 2 is 1.96 bits per heavy atom. The molecule has 4 aromatic rings. The molecule has 4 rings (SSSR count). The number of nitrogens with one attached hydrogen (secondary N) is 2. The van der Waals surface area contributed by atoms with Crippen molar-refractivity contribution in [2.45, 2.75) is 19.9 Å². The third-order valence-corrected chi connectivity index (χ3v) is 5.08. The lowest BCUT2D eigenvalue weighted by molar-refractivity contribution is 0.112. The molecule has 0 bridgehead atoms. The Morgan fingerprint density at radius 1 is 1.11 bits per heavy atom. The number of nitrogens with zero attached hydrogens (tertiary/aromatic N) is 5. The first-order chi connectivity index (χ1) is 13.1. The predicted octanol–water partition coefficient (Wildman–Crippen LogP) is 3.98. The van der Waals surface area contributed by atoms with E-state index in [-0.39, 0.29) is 6.04 Å². The minimum atomic E-state index is 0.217. The molecule has 27 heavy (non-hydrogen) atoms. The number of hydrogen-bond acceptors (Lipinski definition) is 10. The van der Waals surface area contributed by atoms with Crippen LogP contribution in [0.1, 0.15) is 23.6 Å². The molecule has 0 unspecified atom stereocenters. The number of aldehydes is 1. The maximum absolute atomic E-state index is 10.9. The van der Waals surface area contributed by atoms with Crippen LogP contribution in [0.15, 0.2) is 30.5 Å². The van der Waals surface area contributed by atoms with Crippen LogP contribution in [-0.4, -0.2) is 36.3 Å². The van der Waals surface area contributed by atoms with Gasteiger partial charge in [0.1, 0.15) is 16.9 Å². The average molecular weight is 397 g/mol. The van der Waals surface area contributed by atoms with E-state index in [2.05, 4.69) is 48.4 Å². The smallest absolute Gasteiger partial charge is 0.180 e. The van der Waals surface area contributed by atoms with Gasteiger partial charge in [0.2, 0.25) is 0 Å². The largest absolute Gasteiger partial charge is 0.382 e. The number of anilines is 3. The molecule has 0 saturated carbocycles. The van der Waals surface area contributed by atoms with Gasteiger partial charge in [0.15, 0.2) is 16.3 Å². The second-order valence-electron chi connectivity index (χ2n) is 6.07. The van der Waals surface area contributed by atoms with Crippen molar-refractivity contribution < 1.29 is 4.79 Å². The van der Waals surface area contributed by atoms with Crippen LogP contribution < -0.4 is 10.6 Å². The Morgan fingerprint density at radius 3 is 2.74 bits per heavy atom. The molecule has 0 aliphatic heterocycles. The monoisotopic (exact) mass is 397 g/mol. The molecule has 0 amide bonds. The summed E-state index contributed by atoms with van der Waals surface area (Å²) in [4.78, 5) is 15.4. The minimum Gasteiger partial charge on any atom is -0.382 e. The summed E-state index contributed by atoms with van der Waals surface area (Å²) in [6.45, 7) is 4.11. The Kier molecular flexibility index (Phi) is 4.73. The molecule has 136 valence electrons. The topological polar surface area (TPSA) is 106 Å². The van der Waals surface area contributed by atoms with Crippen molar-refractivity contribution in [3.05, 3.63) is 35.5 Å². The maximum atomic E-state index is 10.9. The predicted molar refractivity (Wildman–Crippen MR) is 108 cm³/mol. The summed E-state index contributed by atoms with van der Waals surface area (Å²) in [6.07, 6.45) is 2.43. The summed E-state index contributed by atoms with van der Waals surface area (Å²) in [5, 5.41) is 15.6. The number of aromatic nitrogens is 5. The van der Waals surface area contributed by atoms with Gasteiger partial charge in [-0.15, -0.1) is 10.2 Å². The Labute approximate surface area is 163 Å². The Bertz CT molecular complexity index is 1110. The molecule has 0 aliphatic rings. The average Bonchev–Trinajstić information content (AvgIpc) is 3.30. The molecule has 0 fully saturated rings. The van der Waals surface area contributed by atoms with Gasteiger partial charge in [-0.1, -0.05) is 11.3 Å². The van der Waals surface area contributed by atoms with Gasteiger partial charge in [-0.3, -0.25) is 4.79 Å². The molecular weight excluding hydrogens is 382 g/mol. The third kappa shape index (κ3) is 3.76. The van der Waals surface area contributed by atoms with Crippen molar-refractivity contribution in [3.8, 4) is 10.6 Å². The fourth-order valence-electron chi connectivity index (χ4n) is 2.52. The fraction of sp³-hybridized carbons (Fsp3) is 0.176. The third-order valence-electron chi connectivity index (χ3n) is 3.65. The van der Waals surface area contributed by atoms with Gasteiger partial charge < -0.3 is 10.6 Å². The number of carbonyl (C=O) groups is 1. The summed E-state index contributed by atoms with van der Waals surface area (Å²) in [5.74, 6) is 0.685. The van der Waals surface area contributed by atoms with Crippen molar-refractivity contribution in [2.24, 2.45) is 0 Å². The minimum absolute atomic E-state index is 0.217. The van der Waals surface area contributed by atoms with E-state index < -0.39 is 0 Å². The molecule has 0 aliphatic carbocycles. The van der Waals surface area contributed by atoms with Crippen LogP contribution in [0.3, 0.4) is 0 Å². The second-order valence-corrected chi connectivity index (χ2v) is 7.61. The molecule has 8 nitrogen and oxygen atoms in total. The van der Waals surface area contributed by atoms with E-state index >= 15 is 0 Å². The molecule has 3 aromatic heterocycles. The van der Waals surface area contributed by atoms with Gasteiger partial charge in [0.05, 0.1) is 17.3 Å². The van der Waals surface area contributed by atoms with E-state index in [0.29, 0.717) is 22.1 Å². The fourth-order valence-corrected chi connectivity index (χ4v) is 3.72. The quantitative estimate of drug-likeness (QED) is 0.471. The second kappa shape index (κ2) is 7.33. The highest BCUT2D eigenvalue weighted by atomic mass is 32.1. The highest BCUT2D eigenvalue weighted by Gasteiger charge is 2.14. The molecular formula is C17H15N7OS2. The molecule has 0 spiro atoms. The van der Waals surface area contributed by atoms with Crippen molar-refractivity contribution >= 4 is 57.6 Å². The van der Waals surface area contributed by atoms with Gasteiger partial charge in [-0.25, -0.2) is 4.98 Å². The summed E-state index contributed by atoms with van der Waals surface area (Å²) in [7, 11) is 0. The van der Waals surface area contributed by atoms with E-state index in [1.807, 2.05) is 24.3 Å². The lowest BCUT2D eigenvalue weighted by Crippen LogP contribution is -2.11. The Hall–Kier alpha value is -2.98. The normalized spacial score (nSPS) is 11.1. The Balaban J connectivity index is 1.67. The molecule has 0 atom stereocenters. The van der Waals surface area contributed by atoms with Crippen LogP contribution in [0.25, 0.3) is 21.6 Å². The van der Waals surface area contributed by atoms with Crippen LogP contribution in [0.5, 0.6) is 0 Å². The van der Waals surface area contributed by atoms with Crippen LogP contribution >= 0.6 is 23.1 Å². The highest BCUT2D eigenvalue weighted by Crippen LogP contribution is 2.32. The van der Waals surface area contributed by atoms with E-state index in [1.54, 1.807) is 6.20 Å². The molecule has 3 heterocycles. The molecule has 2 N–H and O–H groups in total. The number of pyridine rings is 1. The summed E-state index contributed by atoms with van der Waals surface area (Å²) in [6, 6.07) is 7.93. The van der Waals surface area contributed by atoms with Crippen molar-refractivity contribution in [1.82, 2.24) is 23.9 Å². The molecule has 1 aromatic carbocycles. The number of hydrogen-bond donors (Lipinski definition) is 2. The number of carbonyl (C=O) groups excluding carboxylic acids is 1. The van der Waals surface area contributed by atoms with Crippen molar-refractivity contribution in [1.29, 1.82) is 0 Å². The summed E-state index contributed by atoms with van der Waals surface area (Å²) < 4.78 is 8.47. The van der Waals surface area contributed by atoms with Crippen molar-refractivity contribution in [3.63, 3.8) is 0 Å². The van der Waals surface area contributed by atoms with Gasteiger partial charge in [0, 0.05) is 29.7 Å². The number of benzene rings is 1. The zero-order valence-corrected chi connectivity index (χ0v) is 16.1. The van der Waals surface area contributed by atoms with Gasteiger partial charge in [-0.05, 0) is 32.0 Å². The lowest BCUT2D eigenvalue weighted by atomic mass is 10.2. The summed E-state index contributed by atoms with van der Waals surface area (Å²) >= 11 is 2.43. The lowest BCUT2D eigenvalue weighted by Gasteiger charge is -2.15. The van der Waals surface area contributed by atoms with Gasteiger partial charge >= 0.3 is 0 Å². The zero-order valence-electron chi connectivity index (χ0n) is 14.5. The number of rotatable bonds is 6. The highest BCUT2D eigenvalue weighted by molar-refractivity contribution is 7.16. The van der Waals surface area contributed by atoms with Crippen LogP contribution in [0.4, 0.5) is 17.2 Å². The molecule has 10 heteroatoms. The van der Waals surface area contributed by atoms with Gasteiger partial charge in [0.25, 0.3) is 0 Å². The van der Waals surface area contributed by atoms with E-state index in [1.165, 1.54) is 23.1 Å². The maximum Gasteiger partial charge on any atom is 0.180 e. The van der Waals surface area contributed by atoms with E-state index in [4.69, 9.17) is 0 Å².